The largest absolute Gasteiger partial charge is 0.316 e. The van der Waals surface area contributed by atoms with E-state index in [9.17, 15) is 0 Å². The van der Waals surface area contributed by atoms with Gasteiger partial charge >= 0.3 is 0 Å². The zero-order valence-electron chi connectivity index (χ0n) is 11.8. The fourth-order valence-corrected chi connectivity index (χ4v) is 3.35. The van der Waals surface area contributed by atoms with E-state index < -0.39 is 0 Å². The fourth-order valence-electron chi connectivity index (χ4n) is 3.35. The molecule has 0 bridgehead atoms. The predicted octanol–water partition coefficient (Wildman–Crippen LogP) is 2.89. The maximum Gasteiger partial charge on any atom is 0.0136 e. The van der Waals surface area contributed by atoms with E-state index >= 15 is 0 Å². The fraction of sp³-hybridized carbons (Fsp3) is 1.00. The van der Waals surface area contributed by atoms with Crippen LogP contribution in [0.2, 0.25) is 0 Å². The van der Waals surface area contributed by atoms with E-state index in [-0.39, 0.29) is 0 Å². The topological polar surface area (TPSA) is 15.3 Å². The van der Waals surface area contributed by atoms with Crippen molar-refractivity contribution in [1.29, 1.82) is 0 Å². The average molecular weight is 238 g/mol. The lowest BCUT2D eigenvalue weighted by Gasteiger charge is -2.44. The molecule has 2 rings (SSSR count). The molecule has 3 unspecified atom stereocenters. The Bertz CT molecular complexity index is 217. The van der Waals surface area contributed by atoms with Gasteiger partial charge in [0.25, 0.3) is 0 Å². The van der Waals surface area contributed by atoms with Gasteiger partial charge in [-0.3, -0.25) is 0 Å². The van der Waals surface area contributed by atoms with Crippen molar-refractivity contribution < 1.29 is 0 Å². The minimum atomic E-state index is 0.907. The molecule has 2 nitrogen and oxygen atoms in total. The van der Waals surface area contributed by atoms with Crippen LogP contribution in [0.4, 0.5) is 0 Å². The lowest BCUT2D eigenvalue weighted by atomic mass is 9.78. The molecule has 3 atom stereocenters. The number of hydrogen-bond donors (Lipinski definition) is 1. The van der Waals surface area contributed by atoms with Gasteiger partial charge in [-0.05, 0) is 76.5 Å². The van der Waals surface area contributed by atoms with Gasteiger partial charge in [0.1, 0.15) is 0 Å². The van der Waals surface area contributed by atoms with Gasteiger partial charge in [-0.2, -0.15) is 0 Å². The van der Waals surface area contributed by atoms with Crippen molar-refractivity contribution >= 4 is 0 Å². The van der Waals surface area contributed by atoms with Crippen molar-refractivity contribution in [2.75, 3.05) is 26.2 Å². The van der Waals surface area contributed by atoms with Gasteiger partial charge in [0.15, 0.2) is 0 Å². The summed E-state index contributed by atoms with van der Waals surface area (Å²) in [5, 5.41) is 3.60. The smallest absolute Gasteiger partial charge is 0.0136 e. The SMILES string of the molecule is CCCNCC1CCC1N1CCCC(C)CC1. The number of hydrogen-bond acceptors (Lipinski definition) is 2. The summed E-state index contributed by atoms with van der Waals surface area (Å²) in [6, 6.07) is 0.907. The molecule has 0 radical (unpaired) electrons. The molecule has 0 aromatic carbocycles. The molecule has 0 spiro atoms. The van der Waals surface area contributed by atoms with E-state index in [2.05, 4.69) is 24.1 Å². The van der Waals surface area contributed by atoms with Gasteiger partial charge in [0.2, 0.25) is 0 Å². The third kappa shape index (κ3) is 3.69. The van der Waals surface area contributed by atoms with E-state index in [1.54, 1.807) is 0 Å². The van der Waals surface area contributed by atoms with Crippen LogP contribution in [0.15, 0.2) is 0 Å². The van der Waals surface area contributed by atoms with E-state index in [1.807, 2.05) is 0 Å². The Balaban J connectivity index is 1.73. The summed E-state index contributed by atoms with van der Waals surface area (Å²) in [5.41, 5.74) is 0. The van der Waals surface area contributed by atoms with E-state index in [0.29, 0.717) is 0 Å². The van der Waals surface area contributed by atoms with Crippen molar-refractivity contribution in [3.8, 4) is 0 Å². The summed E-state index contributed by atoms with van der Waals surface area (Å²) in [7, 11) is 0. The van der Waals surface area contributed by atoms with Crippen molar-refractivity contribution in [3.05, 3.63) is 0 Å². The summed E-state index contributed by atoms with van der Waals surface area (Å²) in [6.07, 6.45) is 8.46. The Hall–Kier alpha value is -0.0800. The number of nitrogens with one attached hydrogen (secondary N) is 1. The van der Waals surface area contributed by atoms with Gasteiger partial charge in [-0.25, -0.2) is 0 Å². The molecule has 0 aromatic rings. The van der Waals surface area contributed by atoms with Crippen LogP contribution in [0.25, 0.3) is 0 Å². The second kappa shape index (κ2) is 6.75. The number of nitrogens with zero attached hydrogens (tertiary/aromatic N) is 1. The minimum Gasteiger partial charge on any atom is -0.316 e. The summed E-state index contributed by atoms with van der Waals surface area (Å²) in [6.45, 7) is 9.84. The van der Waals surface area contributed by atoms with Gasteiger partial charge < -0.3 is 10.2 Å². The number of likely N-dealkylation sites (tertiary alicyclic amines) is 1. The molecular weight excluding hydrogens is 208 g/mol. The molecule has 2 fully saturated rings. The van der Waals surface area contributed by atoms with Crippen molar-refractivity contribution in [2.45, 2.75) is 58.4 Å². The van der Waals surface area contributed by atoms with Gasteiger partial charge in [0.05, 0.1) is 0 Å². The Kier molecular flexibility index (Phi) is 5.30. The standard InChI is InChI=1S/C15H30N2/c1-3-9-16-12-14-6-7-15(14)17-10-4-5-13(2)8-11-17/h13-16H,3-12H2,1-2H3. The van der Waals surface area contributed by atoms with Crippen molar-refractivity contribution in [3.63, 3.8) is 0 Å². The molecule has 1 heterocycles. The first-order valence-corrected chi connectivity index (χ1v) is 7.76. The maximum absolute atomic E-state index is 3.60. The molecule has 100 valence electrons. The molecule has 1 aliphatic heterocycles. The zero-order valence-corrected chi connectivity index (χ0v) is 11.8. The van der Waals surface area contributed by atoms with Crippen LogP contribution in [0.3, 0.4) is 0 Å². The zero-order chi connectivity index (χ0) is 12.1. The highest BCUT2D eigenvalue weighted by molar-refractivity contribution is 4.90. The molecule has 1 N–H and O–H groups in total. The second-order valence-electron chi connectivity index (χ2n) is 6.18. The van der Waals surface area contributed by atoms with E-state index in [0.717, 1.165) is 17.9 Å². The van der Waals surface area contributed by atoms with Crippen LogP contribution >= 0.6 is 0 Å². The van der Waals surface area contributed by atoms with Gasteiger partial charge in [-0.1, -0.05) is 13.8 Å². The van der Waals surface area contributed by atoms with Crippen LogP contribution < -0.4 is 5.32 Å². The van der Waals surface area contributed by atoms with Crippen LogP contribution in [-0.2, 0) is 0 Å². The molecule has 1 saturated heterocycles. The highest BCUT2D eigenvalue weighted by Crippen LogP contribution is 2.33. The average Bonchev–Trinajstić information content (AvgIpc) is 2.49. The molecular formula is C15H30N2. The molecule has 0 aromatic heterocycles. The highest BCUT2D eigenvalue weighted by Gasteiger charge is 2.35. The quantitative estimate of drug-likeness (QED) is 0.741. The molecule has 0 amide bonds. The first kappa shape index (κ1) is 13.4. The second-order valence-corrected chi connectivity index (χ2v) is 6.18. The Labute approximate surface area is 107 Å². The first-order valence-electron chi connectivity index (χ1n) is 7.76. The van der Waals surface area contributed by atoms with Crippen LogP contribution in [0.1, 0.15) is 52.4 Å². The Morgan fingerprint density at radius 2 is 2.00 bits per heavy atom. The lowest BCUT2D eigenvalue weighted by Crippen LogP contribution is -2.50. The maximum atomic E-state index is 3.60. The molecule has 17 heavy (non-hydrogen) atoms. The molecule has 1 saturated carbocycles. The van der Waals surface area contributed by atoms with Crippen molar-refractivity contribution in [2.24, 2.45) is 11.8 Å². The molecule has 2 aliphatic rings. The highest BCUT2D eigenvalue weighted by atomic mass is 15.2. The predicted molar refractivity (Wildman–Crippen MR) is 74.3 cm³/mol. The van der Waals surface area contributed by atoms with E-state index in [1.165, 1.54) is 64.7 Å². The summed E-state index contributed by atoms with van der Waals surface area (Å²) in [5.74, 6) is 1.90. The third-order valence-corrected chi connectivity index (χ3v) is 4.73. The summed E-state index contributed by atoms with van der Waals surface area (Å²) < 4.78 is 0. The third-order valence-electron chi connectivity index (χ3n) is 4.73. The van der Waals surface area contributed by atoms with Crippen LogP contribution in [0.5, 0.6) is 0 Å². The molecule has 2 heteroatoms. The monoisotopic (exact) mass is 238 g/mol. The summed E-state index contributed by atoms with van der Waals surface area (Å²) in [4.78, 5) is 2.80. The van der Waals surface area contributed by atoms with Gasteiger partial charge in [-0.15, -0.1) is 0 Å². The normalized spacial score (nSPS) is 35.3. The molecule has 1 aliphatic carbocycles. The van der Waals surface area contributed by atoms with E-state index in [4.69, 9.17) is 0 Å². The van der Waals surface area contributed by atoms with Crippen LogP contribution in [-0.4, -0.2) is 37.1 Å². The first-order chi connectivity index (χ1) is 8.31. The van der Waals surface area contributed by atoms with Gasteiger partial charge in [0, 0.05) is 6.04 Å². The number of rotatable bonds is 5. The lowest BCUT2D eigenvalue weighted by molar-refractivity contribution is 0.0640. The Morgan fingerprint density at radius 3 is 2.71 bits per heavy atom. The Morgan fingerprint density at radius 1 is 1.12 bits per heavy atom. The minimum absolute atomic E-state index is 0.907. The van der Waals surface area contributed by atoms with Crippen molar-refractivity contribution in [1.82, 2.24) is 10.2 Å². The summed E-state index contributed by atoms with van der Waals surface area (Å²) >= 11 is 0. The van der Waals surface area contributed by atoms with Crippen LogP contribution in [0, 0.1) is 11.8 Å².